The van der Waals surface area contributed by atoms with Gasteiger partial charge in [0.2, 0.25) is 11.8 Å². The lowest BCUT2D eigenvalue weighted by Gasteiger charge is -2.08. The van der Waals surface area contributed by atoms with Crippen LogP contribution in [-0.2, 0) is 11.3 Å². The van der Waals surface area contributed by atoms with Crippen LogP contribution in [0.4, 0.5) is 0 Å². The third-order valence-electron chi connectivity index (χ3n) is 3.95. The van der Waals surface area contributed by atoms with Crippen molar-refractivity contribution >= 4 is 16.8 Å². The van der Waals surface area contributed by atoms with Crippen molar-refractivity contribution in [1.82, 2.24) is 20.5 Å². The molecule has 1 amide bonds. The molecule has 2 aromatic heterocycles. The lowest BCUT2D eigenvalue weighted by Crippen LogP contribution is -2.32. The lowest BCUT2D eigenvalue weighted by molar-refractivity contribution is -0.128. The van der Waals surface area contributed by atoms with Crippen LogP contribution in [-0.4, -0.2) is 46.5 Å². The number of aromatic amines is 1. The molecule has 2 heterocycles. The predicted molar refractivity (Wildman–Crippen MR) is 96.0 cm³/mol. The summed E-state index contributed by atoms with van der Waals surface area (Å²) in [5, 5.41) is 21.0. The number of hydrogen-bond donors (Lipinski definition) is 3. The number of hydrogen-bond acceptors (Lipinski definition) is 6. The van der Waals surface area contributed by atoms with Gasteiger partial charge in [-0.25, -0.2) is 0 Å². The second-order valence-electron chi connectivity index (χ2n) is 5.79. The van der Waals surface area contributed by atoms with Gasteiger partial charge in [0.15, 0.2) is 0 Å². The van der Waals surface area contributed by atoms with E-state index in [0.717, 1.165) is 22.2 Å². The molecule has 3 rings (SSSR count). The van der Waals surface area contributed by atoms with Crippen molar-refractivity contribution in [2.45, 2.75) is 19.6 Å². The molecule has 0 aliphatic heterocycles. The molecule has 0 aliphatic carbocycles. The van der Waals surface area contributed by atoms with Gasteiger partial charge in [-0.1, -0.05) is 0 Å². The molecule has 8 heteroatoms. The van der Waals surface area contributed by atoms with Crippen molar-refractivity contribution in [3.63, 3.8) is 0 Å². The molecule has 136 valence electrons. The van der Waals surface area contributed by atoms with Gasteiger partial charge in [-0.2, -0.15) is 0 Å². The van der Waals surface area contributed by atoms with E-state index in [0.29, 0.717) is 23.9 Å². The summed E-state index contributed by atoms with van der Waals surface area (Å²) in [7, 11) is 3.13. The number of aliphatic hydroxyl groups is 1. The molecule has 26 heavy (non-hydrogen) atoms. The highest BCUT2D eigenvalue weighted by molar-refractivity contribution is 5.88. The zero-order valence-electron chi connectivity index (χ0n) is 14.7. The van der Waals surface area contributed by atoms with Crippen molar-refractivity contribution in [1.29, 1.82) is 0 Å². The summed E-state index contributed by atoms with van der Waals surface area (Å²) in [5.74, 6) is 0.677. The number of nitrogens with one attached hydrogen (secondary N) is 2. The number of H-pyrrole nitrogens is 1. The van der Waals surface area contributed by atoms with Gasteiger partial charge in [0.05, 0.1) is 26.5 Å². The Kier molecular flexibility index (Phi) is 5.04. The topological polar surface area (TPSA) is 109 Å². The molecule has 0 bridgehead atoms. The Balaban J connectivity index is 1.93. The van der Waals surface area contributed by atoms with E-state index in [2.05, 4.69) is 20.5 Å². The number of ether oxygens (including phenoxy) is 2. The summed E-state index contributed by atoms with van der Waals surface area (Å²) in [4.78, 5) is 14.8. The van der Waals surface area contributed by atoms with Crippen LogP contribution in [0.15, 0.2) is 30.3 Å². The van der Waals surface area contributed by atoms with E-state index in [-0.39, 0.29) is 0 Å². The molecule has 0 spiro atoms. The number of fused-ring (bicyclic) bond motifs is 1. The summed E-state index contributed by atoms with van der Waals surface area (Å²) in [6.45, 7) is 1.71. The van der Waals surface area contributed by atoms with E-state index in [1.807, 2.05) is 24.3 Å². The Bertz CT molecular complexity index is 919. The highest BCUT2D eigenvalue weighted by Crippen LogP contribution is 2.33. The van der Waals surface area contributed by atoms with Crippen molar-refractivity contribution in [3.8, 4) is 22.9 Å². The number of carbonyl (C=O) groups excluding carboxylic acids is 1. The first kappa shape index (κ1) is 17.7. The molecular weight excluding hydrogens is 336 g/mol. The molecule has 3 aromatic rings. The summed E-state index contributed by atoms with van der Waals surface area (Å²) in [6.07, 6.45) is -1.04. The first-order valence-electron chi connectivity index (χ1n) is 8.05. The quantitative estimate of drug-likeness (QED) is 0.619. The zero-order chi connectivity index (χ0) is 18.7. The van der Waals surface area contributed by atoms with Crippen LogP contribution in [0.25, 0.3) is 22.2 Å². The Morgan fingerprint density at radius 1 is 1.23 bits per heavy atom. The number of aromatic nitrogens is 3. The second kappa shape index (κ2) is 7.40. The minimum Gasteiger partial charge on any atom is -0.496 e. The number of aliphatic hydroxyl groups excluding tert-OH is 1. The largest absolute Gasteiger partial charge is 0.496 e. The van der Waals surface area contributed by atoms with E-state index in [9.17, 15) is 9.90 Å². The minimum atomic E-state index is -1.04. The molecule has 0 radical (unpaired) electrons. The maximum Gasteiger partial charge on any atom is 0.248 e. The van der Waals surface area contributed by atoms with Crippen molar-refractivity contribution in [2.75, 3.05) is 14.2 Å². The lowest BCUT2D eigenvalue weighted by atomic mass is 10.1. The minimum absolute atomic E-state index is 0.290. The molecule has 0 aliphatic rings. The van der Waals surface area contributed by atoms with E-state index in [4.69, 9.17) is 9.47 Å². The highest BCUT2D eigenvalue weighted by atomic mass is 16.5. The van der Waals surface area contributed by atoms with Crippen LogP contribution in [0.2, 0.25) is 0 Å². The van der Waals surface area contributed by atoms with Gasteiger partial charge in [0.25, 0.3) is 0 Å². The van der Waals surface area contributed by atoms with Crippen molar-refractivity contribution in [2.24, 2.45) is 0 Å². The number of rotatable bonds is 6. The van der Waals surface area contributed by atoms with Crippen molar-refractivity contribution < 1.29 is 19.4 Å². The Morgan fingerprint density at radius 3 is 2.65 bits per heavy atom. The molecule has 0 fully saturated rings. The third-order valence-corrected chi connectivity index (χ3v) is 3.95. The summed E-state index contributed by atoms with van der Waals surface area (Å²) in [6, 6.07) is 9.28. The van der Waals surface area contributed by atoms with E-state index < -0.39 is 12.0 Å². The molecule has 1 atom stereocenters. The van der Waals surface area contributed by atoms with Crippen LogP contribution in [0, 0.1) is 0 Å². The Labute approximate surface area is 150 Å². The first-order valence-corrected chi connectivity index (χ1v) is 8.05. The van der Waals surface area contributed by atoms with E-state index in [1.54, 1.807) is 13.2 Å². The Hall–Kier alpha value is -3.13. The zero-order valence-corrected chi connectivity index (χ0v) is 14.7. The molecule has 1 aromatic carbocycles. The first-order chi connectivity index (χ1) is 12.5. The van der Waals surface area contributed by atoms with Crippen LogP contribution < -0.4 is 14.8 Å². The number of methoxy groups -OCH3 is 2. The van der Waals surface area contributed by atoms with Gasteiger partial charge in [0, 0.05) is 28.2 Å². The van der Waals surface area contributed by atoms with Crippen LogP contribution in [0.1, 0.15) is 12.6 Å². The average Bonchev–Trinajstić information content (AvgIpc) is 3.06. The van der Waals surface area contributed by atoms with Gasteiger partial charge in [0.1, 0.15) is 11.9 Å². The molecule has 0 unspecified atom stereocenters. The van der Waals surface area contributed by atoms with Crippen molar-refractivity contribution in [3.05, 3.63) is 36.0 Å². The third kappa shape index (κ3) is 3.60. The van der Waals surface area contributed by atoms with Gasteiger partial charge in [-0.3, -0.25) is 4.79 Å². The summed E-state index contributed by atoms with van der Waals surface area (Å²) in [5.41, 5.74) is 3.13. The molecule has 3 N–H and O–H groups in total. The summed E-state index contributed by atoms with van der Waals surface area (Å²) >= 11 is 0. The van der Waals surface area contributed by atoms with Gasteiger partial charge in [-0.15, -0.1) is 10.2 Å². The van der Waals surface area contributed by atoms with Crippen LogP contribution in [0.3, 0.4) is 0 Å². The molecule has 0 saturated heterocycles. The Morgan fingerprint density at radius 2 is 2.04 bits per heavy atom. The number of amides is 1. The van der Waals surface area contributed by atoms with Crippen LogP contribution >= 0.6 is 0 Å². The summed E-state index contributed by atoms with van der Waals surface area (Å²) < 4.78 is 10.5. The van der Waals surface area contributed by atoms with Gasteiger partial charge < -0.3 is 24.9 Å². The molecule has 0 saturated carbocycles. The smallest absolute Gasteiger partial charge is 0.248 e. The highest BCUT2D eigenvalue weighted by Gasteiger charge is 2.13. The SMILES string of the molecule is COc1ccc(-c2cc3[nH]c(CNC(=O)[C@@H](C)O)cc3cc2OC)nn1. The number of carbonyl (C=O) groups is 1. The van der Waals surface area contributed by atoms with Gasteiger partial charge >= 0.3 is 0 Å². The maximum absolute atomic E-state index is 11.5. The fourth-order valence-corrected chi connectivity index (χ4v) is 2.59. The maximum atomic E-state index is 11.5. The van der Waals surface area contributed by atoms with Crippen LogP contribution in [0.5, 0.6) is 11.6 Å². The average molecular weight is 356 g/mol. The monoisotopic (exact) mass is 356 g/mol. The van der Waals surface area contributed by atoms with E-state index >= 15 is 0 Å². The standard InChI is InChI=1S/C18H20N4O4/c1-10(23)18(24)19-9-12-6-11-7-16(25-2)13(8-15(11)20-12)14-4-5-17(26-3)22-21-14/h4-8,10,20,23H,9H2,1-3H3,(H,19,24)/t10-/m1/s1. The fraction of sp³-hybridized carbons (Fsp3) is 0.278. The fourth-order valence-electron chi connectivity index (χ4n) is 2.59. The molecular formula is C18H20N4O4. The number of nitrogens with zero attached hydrogens (tertiary/aromatic N) is 2. The normalized spacial score (nSPS) is 12.0. The van der Waals surface area contributed by atoms with Gasteiger partial charge in [-0.05, 0) is 31.2 Å². The predicted octanol–water partition coefficient (Wildman–Crippen LogP) is 1.64. The van der Waals surface area contributed by atoms with E-state index in [1.165, 1.54) is 14.0 Å². The second-order valence-corrected chi connectivity index (χ2v) is 5.79. The molecule has 8 nitrogen and oxygen atoms in total. The number of benzene rings is 1.